The molecule has 0 amide bonds. The van der Waals surface area contributed by atoms with E-state index in [1.54, 1.807) is 0 Å². The van der Waals surface area contributed by atoms with Gasteiger partial charge in [0.2, 0.25) is 0 Å². The number of nitrogens with one attached hydrogen (secondary N) is 1. The van der Waals surface area contributed by atoms with Crippen molar-refractivity contribution >= 4 is 49.3 Å². The number of halogens is 1. The molecule has 1 N–H and O–H groups in total. The van der Waals surface area contributed by atoms with Gasteiger partial charge in [0, 0.05) is 15.9 Å². The van der Waals surface area contributed by atoms with E-state index in [1.807, 2.05) is 11.8 Å². The average Bonchev–Trinajstić information content (AvgIpc) is 2.88. The molecule has 1 aliphatic rings. The second kappa shape index (κ2) is 5.78. The van der Waals surface area contributed by atoms with Gasteiger partial charge < -0.3 is 5.32 Å². The molecular formula is C16H17BrN2S. The first-order chi connectivity index (χ1) is 9.61. The second-order valence-corrected chi connectivity index (χ2v) is 7.31. The molecule has 0 bridgehead atoms. The molecule has 0 saturated carbocycles. The Bertz CT molecular complexity index is 667. The fraction of sp³-hybridized carbons (Fsp3) is 0.312. The van der Waals surface area contributed by atoms with Crippen molar-refractivity contribution in [2.24, 2.45) is 10.9 Å². The quantitative estimate of drug-likeness (QED) is 0.812. The molecule has 1 unspecified atom stereocenters. The van der Waals surface area contributed by atoms with E-state index in [1.165, 1.54) is 10.8 Å². The molecule has 2 aromatic carbocycles. The lowest BCUT2D eigenvalue weighted by molar-refractivity contribution is 0.543. The summed E-state index contributed by atoms with van der Waals surface area (Å²) in [5.74, 6) is 1.69. The summed E-state index contributed by atoms with van der Waals surface area (Å²) in [5.41, 5.74) is 1.11. The van der Waals surface area contributed by atoms with E-state index in [0.29, 0.717) is 12.0 Å². The van der Waals surface area contributed by atoms with Crippen molar-refractivity contribution < 1.29 is 0 Å². The van der Waals surface area contributed by atoms with Crippen LogP contribution in [-0.2, 0) is 0 Å². The van der Waals surface area contributed by atoms with Crippen molar-refractivity contribution in [2.75, 3.05) is 11.1 Å². The summed E-state index contributed by atoms with van der Waals surface area (Å²) in [6, 6.07) is 13.2. The van der Waals surface area contributed by atoms with Gasteiger partial charge in [-0.1, -0.05) is 53.7 Å². The van der Waals surface area contributed by atoms with Crippen molar-refractivity contribution in [3.63, 3.8) is 0 Å². The fourth-order valence-electron chi connectivity index (χ4n) is 2.22. The van der Waals surface area contributed by atoms with Crippen LogP contribution in [0, 0.1) is 5.92 Å². The Kier molecular flexibility index (Phi) is 4.03. The topological polar surface area (TPSA) is 24.4 Å². The number of anilines is 1. The zero-order valence-corrected chi connectivity index (χ0v) is 14.0. The Balaban J connectivity index is 1.81. The lowest BCUT2D eigenvalue weighted by Crippen LogP contribution is -2.12. The van der Waals surface area contributed by atoms with Crippen molar-refractivity contribution in [2.45, 2.75) is 19.9 Å². The number of hydrogen-bond donors (Lipinski definition) is 1. The van der Waals surface area contributed by atoms with Crippen molar-refractivity contribution in [3.8, 4) is 0 Å². The van der Waals surface area contributed by atoms with Crippen molar-refractivity contribution in [1.82, 2.24) is 0 Å². The summed E-state index contributed by atoms with van der Waals surface area (Å²) in [6.45, 7) is 4.46. The van der Waals surface area contributed by atoms with Crippen LogP contribution < -0.4 is 5.32 Å². The number of nitrogens with zero attached hydrogens (tertiary/aromatic N) is 1. The molecule has 2 nitrogen and oxygen atoms in total. The first kappa shape index (κ1) is 14.0. The molecule has 20 heavy (non-hydrogen) atoms. The number of benzene rings is 2. The van der Waals surface area contributed by atoms with Crippen LogP contribution in [0.1, 0.15) is 13.8 Å². The zero-order chi connectivity index (χ0) is 14.1. The van der Waals surface area contributed by atoms with E-state index < -0.39 is 0 Å². The molecule has 1 heterocycles. The van der Waals surface area contributed by atoms with E-state index in [0.717, 1.165) is 21.1 Å². The lowest BCUT2D eigenvalue weighted by atomic mass is 10.1. The van der Waals surface area contributed by atoms with Gasteiger partial charge in [-0.25, -0.2) is 0 Å². The average molecular weight is 349 g/mol. The molecule has 0 aromatic heterocycles. The lowest BCUT2D eigenvalue weighted by Gasteiger charge is -2.08. The van der Waals surface area contributed by atoms with Crippen LogP contribution in [-0.4, -0.2) is 17.0 Å². The largest absolute Gasteiger partial charge is 0.335 e. The molecule has 0 fully saturated rings. The van der Waals surface area contributed by atoms with E-state index in [-0.39, 0.29) is 0 Å². The molecule has 1 atom stereocenters. The van der Waals surface area contributed by atoms with Crippen LogP contribution in [0.25, 0.3) is 10.8 Å². The third kappa shape index (κ3) is 3.01. The maximum absolute atomic E-state index is 4.74. The summed E-state index contributed by atoms with van der Waals surface area (Å²) in [7, 11) is 0. The smallest absolute Gasteiger partial charge is 0.161 e. The maximum Gasteiger partial charge on any atom is 0.161 e. The number of thioether (sulfide) groups is 1. The first-order valence-corrected chi connectivity index (χ1v) is 8.56. The third-order valence-electron chi connectivity index (χ3n) is 3.50. The minimum Gasteiger partial charge on any atom is -0.335 e. The molecular weight excluding hydrogens is 332 g/mol. The highest BCUT2D eigenvalue weighted by Gasteiger charge is 2.20. The Morgan fingerprint density at radius 3 is 2.70 bits per heavy atom. The van der Waals surface area contributed by atoms with Gasteiger partial charge in [0.25, 0.3) is 0 Å². The predicted molar refractivity (Wildman–Crippen MR) is 93.8 cm³/mol. The van der Waals surface area contributed by atoms with E-state index in [9.17, 15) is 0 Å². The van der Waals surface area contributed by atoms with Crippen LogP contribution in [0.4, 0.5) is 5.69 Å². The molecule has 0 aliphatic carbocycles. The molecule has 104 valence electrons. The fourth-order valence-corrected chi connectivity index (χ4v) is 3.78. The number of fused-ring (bicyclic) bond motifs is 1. The Labute approximate surface area is 132 Å². The molecule has 2 aromatic rings. The number of amidine groups is 1. The van der Waals surface area contributed by atoms with Crippen LogP contribution in [0.5, 0.6) is 0 Å². The van der Waals surface area contributed by atoms with Gasteiger partial charge in [-0.2, -0.15) is 0 Å². The second-order valence-electron chi connectivity index (χ2n) is 5.39. The van der Waals surface area contributed by atoms with E-state index in [4.69, 9.17) is 4.99 Å². The third-order valence-corrected chi connectivity index (χ3v) is 4.98. The summed E-state index contributed by atoms with van der Waals surface area (Å²) in [4.78, 5) is 4.74. The van der Waals surface area contributed by atoms with Gasteiger partial charge in [-0.15, -0.1) is 0 Å². The van der Waals surface area contributed by atoms with Crippen LogP contribution in [0.3, 0.4) is 0 Å². The van der Waals surface area contributed by atoms with E-state index in [2.05, 4.69) is 71.5 Å². The molecule has 4 heteroatoms. The van der Waals surface area contributed by atoms with Gasteiger partial charge in [-0.3, -0.25) is 4.99 Å². The van der Waals surface area contributed by atoms with Gasteiger partial charge >= 0.3 is 0 Å². The number of aliphatic imine (C=N–C) groups is 1. The van der Waals surface area contributed by atoms with Gasteiger partial charge in [0.15, 0.2) is 5.17 Å². The Hall–Kier alpha value is -1.00. The van der Waals surface area contributed by atoms with Gasteiger partial charge in [0.1, 0.15) is 0 Å². The van der Waals surface area contributed by atoms with Gasteiger partial charge in [0.05, 0.1) is 6.04 Å². The predicted octanol–water partition coefficient (Wildman–Crippen LogP) is 5.14. The summed E-state index contributed by atoms with van der Waals surface area (Å²) >= 11 is 5.32. The first-order valence-electron chi connectivity index (χ1n) is 6.79. The number of hydrogen-bond acceptors (Lipinski definition) is 3. The minimum atomic E-state index is 0.443. The monoisotopic (exact) mass is 348 g/mol. The molecule has 3 rings (SSSR count). The minimum absolute atomic E-state index is 0.443. The molecule has 0 spiro atoms. The highest BCUT2D eigenvalue weighted by molar-refractivity contribution is 9.10. The standard InChI is InChI=1S/C16H17BrN2S/c1-10(2)15-9-20-16(19-15)18-14-6-4-11-7-13(17)5-3-12(11)8-14/h3-8,10,15H,9H2,1-2H3,(H,18,19). The van der Waals surface area contributed by atoms with E-state index >= 15 is 0 Å². The zero-order valence-electron chi connectivity index (χ0n) is 11.6. The molecule has 0 saturated heterocycles. The summed E-state index contributed by atoms with van der Waals surface area (Å²) in [5, 5.41) is 6.96. The number of rotatable bonds is 2. The highest BCUT2D eigenvalue weighted by Crippen LogP contribution is 2.27. The summed E-state index contributed by atoms with van der Waals surface area (Å²) < 4.78 is 1.11. The normalized spacial score (nSPS) is 18.6. The highest BCUT2D eigenvalue weighted by atomic mass is 79.9. The Morgan fingerprint density at radius 1 is 1.20 bits per heavy atom. The Morgan fingerprint density at radius 2 is 1.95 bits per heavy atom. The van der Waals surface area contributed by atoms with Crippen LogP contribution >= 0.6 is 27.7 Å². The SMILES string of the molecule is CC(C)C1CSC(Nc2ccc3cc(Br)ccc3c2)=N1. The van der Waals surface area contributed by atoms with Crippen molar-refractivity contribution in [1.29, 1.82) is 0 Å². The summed E-state index contributed by atoms with van der Waals surface area (Å²) in [6.07, 6.45) is 0. The van der Waals surface area contributed by atoms with Gasteiger partial charge in [-0.05, 0) is 41.0 Å². The molecule has 0 radical (unpaired) electrons. The van der Waals surface area contributed by atoms with Crippen molar-refractivity contribution in [3.05, 3.63) is 40.9 Å². The van der Waals surface area contributed by atoms with Crippen LogP contribution in [0.15, 0.2) is 45.9 Å². The maximum atomic E-state index is 4.74. The molecule has 1 aliphatic heterocycles. The van der Waals surface area contributed by atoms with Crippen LogP contribution in [0.2, 0.25) is 0 Å².